The number of aliphatic carboxylic acids is 2. The molecule has 8 heteroatoms. The van der Waals surface area contributed by atoms with Crippen LogP contribution in [0, 0.1) is 5.82 Å². The molecular formula is C9H6ClFN2O4. The van der Waals surface area contributed by atoms with Crippen LogP contribution in [0.25, 0.3) is 11.0 Å². The molecule has 0 aliphatic heterocycles. The van der Waals surface area contributed by atoms with Crippen molar-refractivity contribution in [1.29, 1.82) is 0 Å². The highest BCUT2D eigenvalue weighted by Crippen LogP contribution is 2.14. The molecule has 6 nitrogen and oxygen atoms in total. The number of hydrogen-bond acceptors (Lipinski definition) is 3. The zero-order chi connectivity index (χ0) is 13.0. The van der Waals surface area contributed by atoms with Crippen molar-refractivity contribution in [3.8, 4) is 0 Å². The Balaban J connectivity index is 0.000000209. The first-order valence-corrected chi connectivity index (χ1v) is 4.55. The minimum atomic E-state index is -1.82. The number of H-pyrrole nitrogens is 1. The van der Waals surface area contributed by atoms with Gasteiger partial charge in [0.05, 0.1) is 11.0 Å². The lowest BCUT2D eigenvalue weighted by atomic mass is 10.3. The van der Waals surface area contributed by atoms with Crippen LogP contribution in [-0.4, -0.2) is 32.1 Å². The summed E-state index contributed by atoms with van der Waals surface area (Å²) in [4.78, 5) is 24.8. The maximum absolute atomic E-state index is 12.6. The van der Waals surface area contributed by atoms with Gasteiger partial charge in [-0.25, -0.2) is 19.0 Å². The average molecular weight is 261 g/mol. The smallest absolute Gasteiger partial charge is 0.414 e. The highest BCUT2D eigenvalue weighted by molar-refractivity contribution is 6.29. The molecule has 3 N–H and O–H groups in total. The van der Waals surface area contributed by atoms with Crippen molar-refractivity contribution in [1.82, 2.24) is 9.97 Å². The van der Waals surface area contributed by atoms with Gasteiger partial charge in [0.2, 0.25) is 5.28 Å². The Kier molecular flexibility index (Phi) is 4.00. The Morgan fingerprint density at radius 2 is 1.88 bits per heavy atom. The largest absolute Gasteiger partial charge is 0.473 e. The lowest BCUT2D eigenvalue weighted by Gasteiger charge is -1.85. The molecule has 90 valence electrons. The van der Waals surface area contributed by atoms with Gasteiger partial charge in [-0.2, -0.15) is 0 Å². The monoisotopic (exact) mass is 260 g/mol. The van der Waals surface area contributed by atoms with Gasteiger partial charge in [0.25, 0.3) is 0 Å². The van der Waals surface area contributed by atoms with Gasteiger partial charge in [-0.05, 0) is 29.8 Å². The van der Waals surface area contributed by atoms with E-state index in [0.29, 0.717) is 11.0 Å². The predicted octanol–water partition coefficient (Wildman–Crippen LogP) is 1.51. The summed E-state index contributed by atoms with van der Waals surface area (Å²) >= 11 is 5.55. The molecule has 2 aromatic rings. The van der Waals surface area contributed by atoms with E-state index in [9.17, 15) is 4.39 Å². The second-order valence-electron chi connectivity index (χ2n) is 2.80. The Morgan fingerprint density at radius 3 is 2.41 bits per heavy atom. The minimum absolute atomic E-state index is 0.283. The van der Waals surface area contributed by atoms with Gasteiger partial charge in [0.1, 0.15) is 5.82 Å². The van der Waals surface area contributed by atoms with E-state index in [1.54, 1.807) is 6.07 Å². The summed E-state index contributed by atoms with van der Waals surface area (Å²) in [6.45, 7) is 0. The number of carboxylic acids is 2. The molecule has 0 aliphatic carbocycles. The number of carbonyl (C=O) groups is 2. The van der Waals surface area contributed by atoms with Crippen LogP contribution in [0.5, 0.6) is 0 Å². The van der Waals surface area contributed by atoms with Crippen molar-refractivity contribution in [3.05, 3.63) is 29.3 Å². The van der Waals surface area contributed by atoms with Crippen LogP contribution in [0.2, 0.25) is 5.28 Å². The molecule has 2 rings (SSSR count). The zero-order valence-electron chi connectivity index (χ0n) is 8.15. The van der Waals surface area contributed by atoms with Gasteiger partial charge in [-0.1, -0.05) is 0 Å². The van der Waals surface area contributed by atoms with E-state index in [1.165, 1.54) is 12.1 Å². The van der Waals surface area contributed by atoms with Crippen LogP contribution in [0.15, 0.2) is 18.2 Å². The Labute approximate surface area is 98.7 Å². The standard InChI is InChI=1S/C7H4ClFN2.C2H2O4/c8-7-10-5-2-1-4(9)3-6(5)11-7;3-1(4)2(5)6/h1-3H,(H,10,11);(H,3,4)(H,5,6). The highest BCUT2D eigenvalue weighted by atomic mass is 35.5. The van der Waals surface area contributed by atoms with Crippen LogP contribution < -0.4 is 0 Å². The first-order valence-electron chi connectivity index (χ1n) is 4.17. The summed E-state index contributed by atoms with van der Waals surface area (Å²) in [5, 5.41) is 15.1. The Bertz CT molecular complexity index is 557. The zero-order valence-corrected chi connectivity index (χ0v) is 8.90. The number of nitrogens with zero attached hydrogens (tertiary/aromatic N) is 1. The fourth-order valence-electron chi connectivity index (χ4n) is 0.951. The van der Waals surface area contributed by atoms with E-state index in [2.05, 4.69) is 9.97 Å². The minimum Gasteiger partial charge on any atom is -0.473 e. The number of hydrogen-bond donors (Lipinski definition) is 3. The van der Waals surface area contributed by atoms with Gasteiger partial charge in [0, 0.05) is 0 Å². The number of imidazole rings is 1. The van der Waals surface area contributed by atoms with Crippen molar-refractivity contribution in [2.24, 2.45) is 0 Å². The number of halogens is 2. The highest BCUT2D eigenvalue weighted by Gasteiger charge is 2.04. The molecular weight excluding hydrogens is 255 g/mol. The van der Waals surface area contributed by atoms with Gasteiger partial charge in [-0.3, -0.25) is 0 Å². The summed E-state index contributed by atoms with van der Waals surface area (Å²) in [6.07, 6.45) is 0. The molecule has 0 unspecified atom stereocenters. The second kappa shape index (κ2) is 5.26. The summed E-state index contributed by atoms with van der Waals surface area (Å²) in [7, 11) is 0. The van der Waals surface area contributed by atoms with Crippen LogP contribution in [0.3, 0.4) is 0 Å². The lowest BCUT2D eigenvalue weighted by molar-refractivity contribution is -0.159. The number of fused-ring (bicyclic) bond motifs is 1. The molecule has 0 spiro atoms. The molecule has 1 aromatic heterocycles. The number of rotatable bonds is 0. The van der Waals surface area contributed by atoms with E-state index in [1.807, 2.05) is 0 Å². The summed E-state index contributed by atoms with van der Waals surface area (Å²) in [5.74, 6) is -3.94. The second-order valence-corrected chi connectivity index (χ2v) is 3.16. The quantitative estimate of drug-likeness (QED) is 0.623. The van der Waals surface area contributed by atoms with Crippen LogP contribution in [0.4, 0.5) is 4.39 Å². The van der Waals surface area contributed by atoms with E-state index >= 15 is 0 Å². The normalized spacial score (nSPS) is 9.53. The van der Waals surface area contributed by atoms with E-state index < -0.39 is 11.9 Å². The number of nitrogens with one attached hydrogen (secondary N) is 1. The molecule has 1 aromatic carbocycles. The van der Waals surface area contributed by atoms with E-state index in [-0.39, 0.29) is 11.1 Å². The molecule has 0 fully saturated rings. The predicted molar refractivity (Wildman–Crippen MR) is 56.3 cm³/mol. The molecule has 0 bridgehead atoms. The Morgan fingerprint density at radius 1 is 1.29 bits per heavy atom. The van der Waals surface area contributed by atoms with Gasteiger partial charge in [-0.15, -0.1) is 0 Å². The number of benzene rings is 1. The molecule has 17 heavy (non-hydrogen) atoms. The molecule has 0 aliphatic rings. The maximum Gasteiger partial charge on any atom is 0.414 e. The van der Waals surface area contributed by atoms with Crippen LogP contribution in [0.1, 0.15) is 0 Å². The molecule has 0 radical (unpaired) electrons. The van der Waals surface area contributed by atoms with Crippen molar-refractivity contribution >= 4 is 34.6 Å². The molecule has 0 atom stereocenters. The fraction of sp³-hybridized carbons (Fsp3) is 0. The summed E-state index contributed by atoms with van der Waals surface area (Å²) < 4.78 is 12.6. The molecule has 0 saturated carbocycles. The van der Waals surface area contributed by atoms with Crippen LogP contribution >= 0.6 is 11.6 Å². The third kappa shape index (κ3) is 3.72. The van der Waals surface area contributed by atoms with Gasteiger partial charge in [0.15, 0.2) is 0 Å². The topological polar surface area (TPSA) is 103 Å². The molecule has 0 amide bonds. The van der Waals surface area contributed by atoms with Crippen molar-refractivity contribution in [2.45, 2.75) is 0 Å². The number of aromatic amines is 1. The van der Waals surface area contributed by atoms with Crippen molar-refractivity contribution < 1.29 is 24.2 Å². The average Bonchev–Trinajstić information content (AvgIpc) is 2.58. The SMILES string of the molecule is Fc1ccc2nc(Cl)[nH]c2c1.O=C(O)C(=O)O. The summed E-state index contributed by atoms with van der Waals surface area (Å²) in [6, 6.07) is 4.28. The van der Waals surface area contributed by atoms with Crippen LogP contribution in [-0.2, 0) is 9.59 Å². The summed E-state index contributed by atoms with van der Waals surface area (Å²) in [5.41, 5.74) is 1.30. The molecule has 0 saturated heterocycles. The third-order valence-electron chi connectivity index (χ3n) is 1.60. The van der Waals surface area contributed by atoms with E-state index in [0.717, 1.165) is 0 Å². The van der Waals surface area contributed by atoms with E-state index in [4.69, 9.17) is 31.4 Å². The third-order valence-corrected chi connectivity index (χ3v) is 1.78. The number of carboxylic acid groups (broad SMARTS) is 2. The number of aromatic nitrogens is 2. The Hall–Kier alpha value is -2.15. The first kappa shape index (κ1) is 12.9. The fourth-order valence-corrected chi connectivity index (χ4v) is 1.14. The maximum atomic E-state index is 12.6. The van der Waals surface area contributed by atoms with Crippen molar-refractivity contribution in [3.63, 3.8) is 0 Å². The van der Waals surface area contributed by atoms with Crippen molar-refractivity contribution in [2.75, 3.05) is 0 Å². The van der Waals surface area contributed by atoms with Gasteiger partial charge >= 0.3 is 11.9 Å². The lowest BCUT2D eigenvalue weighted by Crippen LogP contribution is -2.09. The molecule has 1 heterocycles. The first-order chi connectivity index (χ1) is 7.90. The van der Waals surface area contributed by atoms with Gasteiger partial charge < -0.3 is 15.2 Å².